The predicted molar refractivity (Wildman–Crippen MR) is 64.8 cm³/mol. The number of anilines is 2. The number of sulfonamides is 1. The van der Waals surface area contributed by atoms with Gasteiger partial charge in [0.05, 0.1) is 12.0 Å². The highest BCUT2D eigenvalue weighted by atomic mass is 32.2. The second-order valence-corrected chi connectivity index (χ2v) is 5.39. The van der Waals surface area contributed by atoms with E-state index in [1.54, 1.807) is 7.05 Å². The number of halogens is 1. The first-order valence-electron chi connectivity index (χ1n) is 4.94. The van der Waals surface area contributed by atoms with Crippen molar-refractivity contribution >= 4 is 21.4 Å². The molecule has 1 heterocycles. The summed E-state index contributed by atoms with van der Waals surface area (Å²) in [7, 11) is -2.19. The summed E-state index contributed by atoms with van der Waals surface area (Å²) in [5.74, 6) is -0.617. The number of benzene rings is 1. The Kier molecular flexibility index (Phi) is 2.95. The molecule has 0 saturated carbocycles. The molecule has 18 heavy (non-hydrogen) atoms. The van der Waals surface area contributed by atoms with Crippen molar-refractivity contribution in [3.63, 3.8) is 0 Å². The summed E-state index contributed by atoms with van der Waals surface area (Å²) in [6.45, 7) is 0. The molecular weight excluding hydrogens is 259 g/mol. The van der Waals surface area contributed by atoms with E-state index in [1.165, 1.54) is 23.2 Å². The molecule has 0 radical (unpaired) electrons. The average molecular weight is 270 g/mol. The van der Waals surface area contributed by atoms with Crippen molar-refractivity contribution in [2.45, 2.75) is 5.03 Å². The molecule has 3 N–H and O–H groups in total. The largest absolute Gasteiger partial charge is 0.399 e. The lowest BCUT2D eigenvalue weighted by molar-refractivity contribution is 0.598. The molecule has 0 spiro atoms. The van der Waals surface area contributed by atoms with Gasteiger partial charge in [0.1, 0.15) is 5.82 Å². The van der Waals surface area contributed by atoms with Gasteiger partial charge in [-0.05, 0) is 18.2 Å². The van der Waals surface area contributed by atoms with E-state index in [9.17, 15) is 12.8 Å². The maximum atomic E-state index is 13.1. The first kappa shape index (κ1) is 12.4. The molecule has 0 fully saturated rings. The molecule has 0 aliphatic carbocycles. The first-order chi connectivity index (χ1) is 8.37. The van der Waals surface area contributed by atoms with Crippen LogP contribution in [0.25, 0.3) is 0 Å². The van der Waals surface area contributed by atoms with Crippen LogP contribution in [0.4, 0.5) is 15.8 Å². The zero-order valence-electron chi connectivity index (χ0n) is 9.46. The topological polar surface area (TPSA) is 90.0 Å². The van der Waals surface area contributed by atoms with Gasteiger partial charge in [0.2, 0.25) is 0 Å². The Bertz CT molecular complexity index is 661. The molecule has 0 aliphatic rings. The Morgan fingerprint density at radius 2 is 2.11 bits per heavy atom. The van der Waals surface area contributed by atoms with Crippen LogP contribution in [-0.2, 0) is 17.1 Å². The maximum absolute atomic E-state index is 13.1. The first-order valence-corrected chi connectivity index (χ1v) is 6.42. The van der Waals surface area contributed by atoms with Crippen LogP contribution in [0.2, 0.25) is 0 Å². The molecule has 2 aromatic rings. The number of rotatable bonds is 3. The zero-order valence-corrected chi connectivity index (χ0v) is 10.3. The van der Waals surface area contributed by atoms with Crippen LogP contribution in [0.3, 0.4) is 0 Å². The van der Waals surface area contributed by atoms with Crippen LogP contribution in [-0.4, -0.2) is 18.0 Å². The quantitative estimate of drug-likeness (QED) is 0.812. The summed E-state index contributed by atoms with van der Waals surface area (Å²) >= 11 is 0. The van der Waals surface area contributed by atoms with Gasteiger partial charge in [-0.25, -0.2) is 9.37 Å². The molecule has 0 aliphatic heterocycles. The van der Waals surface area contributed by atoms with Crippen LogP contribution in [0.15, 0.2) is 35.7 Å². The summed E-state index contributed by atoms with van der Waals surface area (Å²) < 4.78 is 40.6. The molecule has 0 amide bonds. The van der Waals surface area contributed by atoms with Gasteiger partial charge in [0, 0.05) is 18.9 Å². The van der Waals surface area contributed by atoms with E-state index in [2.05, 4.69) is 9.71 Å². The number of imidazole rings is 1. The van der Waals surface area contributed by atoms with E-state index in [0.29, 0.717) is 0 Å². The minimum absolute atomic E-state index is 0.0538. The third-order valence-corrected chi connectivity index (χ3v) is 3.39. The van der Waals surface area contributed by atoms with E-state index < -0.39 is 15.8 Å². The van der Waals surface area contributed by atoms with Gasteiger partial charge in [0.25, 0.3) is 10.0 Å². The lowest BCUT2D eigenvalue weighted by Crippen LogP contribution is -2.13. The monoisotopic (exact) mass is 270 g/mol. The summed E-state index contributed by atoms with van der Waals surface area (Å²) in [6, 6.07) is 3.46. The average Bonchev–Trinajstić information content (AvgIpc) is 2.62. The highest BCUT2D eigenvalue weighted by Gasteiger charge is 2.17. The molecule has 96 valence electrons. The standard InChI is InChI=1S/C10H11FN4O2S/c1-15-5-10(13-6-15)18(16,17)14-9-3-7(11)2-8(12)4-9/h2-6,14H,12H2,1H3. The molecule has 1 aromatic heterocycles. The van der Waals surface area contributed by atoms with E-state index in [1.807, 2.05) is 0 Å². The minimum Gasteiger partial charge on any atom is -0.399 e. The van der Waals surface area contributed by atoms with Crippen molar-refractivity contribution in [3.05, 3.63) is 36.5 Å². The number of hydrogen-bond acceptors (Lipinski definition) is 4. The number of aryl methyl sites for hydroxylation is 1. The zero-order chi connectivity index (χ0) is 13.3. The van der Waals surface area contributed by atoms with E-state index >= 15 is 0 Å². The van der Waals surface area contributed by atoms with Crippen LogP contribution in [0, 0.1) is 5.82 Å². The Morgan fingerprint density at radius 3 is 2.67 bits per heavy atom. The maximum Gasteiger partial charge on any atom is 0.280 e. The van der Waals surface area contributed by atoms with Gasteiger partial charge in [-0.3, -0.25) is 4.72 Å². The number of nitrogens with one attached hydrogen (secondary N) is 1. The number of nitrogens with zero attached hydrogens (tertiary/aromatic N) is 2. The lowest BCUT2D eigenvalue weighted by Gasteiger charge is -2.06. The Morgan fingerprint density at radius 1 is 1.39 bits per heavy atom. The van der Waals surface area contributed by atoms with Gasteiger partial charge in [-0.2, -0.15) is 8.42 Å². The van der Waals surface area contributed by atoms with Crippen molar-refractivity contribution in [2.75, 3.05) is 10.5 Å². The molecule has 0 atom stereocenters. The lowest BCUT2D eigenvalue weighted by atomic mass is 10.3. The summed E-state index contributed by atoms with van der Waals surface area (Å²) in [5, 5.41) is -0.146. The fourth-order valence-electron chi connectivity index (χ4n) is 1.41. The highest BCUT2D eigenvalue weighted by Crippen LogP contribution is 2.18. The third-order valence-electron chi connectivity index (χ3n) is 2.13. The van der Waals surface area contributed by atoms with E-state index in [4.69, 9.17) is 5.73 Å². The number of hydrogen-bond donors (Lipinski definition) is 2. The van der Waals surface area contributed by atoms with Gasteiger partial charge < -0.3 is 10.3 Å². The Hall–Kier alpha value is -2.09. The summed E-state index contributed by atoms with van der Waals surface area (Å²) in [4.78, 5) is 3.72. The minimum atomic E-state index is -3.83. The van der Waals surface area contributed by atoms with Crippen LogP contribution >= 0.6 is 0 Å². The fourth-order valence-corrected chi connectivity index (χ4v) is 2.43. The van der Waals surface area contributed by atoms with Crippen molar-refractivity contribution in [1.82, 2.24) is 9.55 Å². The van der Waals surface area contributed by atoms with Gasteiger partial charge in [-0.15, -0.1) is 0 Å². The van der Waals surface area contributed by atoms with Crippen molar-refractivity contribution in [2.24, 2.45) is 7.05 Å². The van der Waals surface area contributed by atoms with Crippen LogP contribution < -0.4 is 10.5 Å². The molecule has 1 aromatic carbocycles. The third kappa shape index (κ3) is 2.59. The number of aromatic nitrogens is 2. The van der Waals surface area contributed by atoms with E-state index in [0.717, 1.165) is 12.1 Å². The summed E-state index contributed by atoms with van der Waals surface area (Å²) in [5.41, 5.74) is 5.61. The van der Waals surface area contributed by atoms with Crippen LogP contribution in [0.5, 0.6) is 0 Å². The molecule has 8 heteroatoms. The van der Waals surface area contributed by atoms with Crippen molar-refractivity contribution < 1.29 is 12.8 Å². The summed E-state index contributed by atoms with van der Waals surface area (Å²) in [6.07, 6.45) is 2.69. The molecule has 0 saturated heterocycles. The van der Waals surface area contributed by atoms with Crippen LogP contribution in [0.1, 0.15) is 0 Å². The van der Waals surface area contributed by atoms with Crippen molar-refractivity contribution in [3.8, 4) is 0 Å². The van der Waals surface area contributed by atoms with Crippen molar-refractivity contribution in [1.29, 1.82) is 0 Å². The molecule has 0 unspecified atom stereocenters. The smallest absolute Gasteiger partial charge is 0.280 e. The molecular formula is C10H11FN4O2S. The Balaban J connectivity index is 2.33. The molecule has 6 nitrogen and oxygen atoms in total. The second kappa shape index (κ2) is 4.30. The molecule has 2 rings (SSSR count). The van der Waals surface area contributed by atoms with Gasteiger partial charge in [0.15, 0.2) is 5.03 Å². The highest BCUT2D eigenvalue weighted by molar-refractivity contribution is 7.92. The number of nitrogens with two attached hydrogens (primary N) is 1. The predicted octanol–water partition coefficient (Wildman–Crippen LogP) is 0.942. The Labute approximate surface area is 103 Å². The normalized spacial score (nSPS) is 11.4. The van der Waals surface area contributed by atoms with Gasteiger partial charge in [-0.1, -0.05) is 0 Å². The van der Waals surface area contributed by atoms with E-state index in [-0.39, 0.29) is 16.4 Å². The molecule has 0 bridgehead atoms. The van der Waals surface area contributed by atoms with Gasteiger partial charge >= 0.3 is 0 Å². The number of nitrogen functional groups attached to an aromatic ring is 1. The fraction of sp³-hybridized carbons (Fsp3) is 0.100. The second-order valence-electron chi connectivity index (χ2n) is 3.76. The SMILES string of the molecule is Cn1cnc(S(=O)(=O)Nc2cc(N)cc(F)c2)c1.